The molecular formula is C37H44Br2O6. The maximum atomic E-state index is 13.8. The fourth-order valence-corrected chi connectivity index (χ4v) is 6.68. The van der Waals surface area contributed by atoms with Crippen molar-refractivity contribution >= 4 is 43.8 Å². The van der Waals surface area contributed by atoms with E-state index in [0.717, 1.165) is 82.6 Å². The molecule has 0 saturated heterocycles. The zero-order valence-electron chi connectivity index (χ0n) is 26.8. The first-order valence-corrected chi connectivity index (χ1v) is 17.6. The van der Waals surface area contributed by atoms with Crippen LogP contribution in [0.1, 0.15) is 97.1 Å². The van der Waals surface area contributed by atoms with Gasteiger partial charge in [0.15, 0.2) is 5.79 Å². The van der Waals surface area contributed by atoms with Crippen molar-refractivity contribution in [1.29, 1.82) is 0 Å². The number of rotatable bonds is 16. The highest BCUT2D eigenvalue weighted by molar-refractivity contribution is 9.10. The van der Waals surface area contributed by atoms with Gasteiger partial charge in [0.25, 0.3) is 0 Å². The molecule has 0 aliphatic heterocycles. The van der Waals surface area contributed by atoms with Gasteiger partial charge in [-0.25, -0.2) is 9.59 Å². The lowest BCUT2D eigenvalue weighted by molar-refractivity contribution is -0.231. The van der Waals surface area contributed by atoms with E-state index in [1.54, 1.807) is 0 Å². The molecule has 8 heteroatoms. The van der Waals surface area contributed by atoms with Gasteiger partial charge in [-0.3, -0.25) is 0 Å². The van der Waals surface area contributed by atoms with Crippen LogP contribution in [0.3, 0.4) is 0 Å². The van der Waals surface area contributed by atoms with Crippen LogP contribution in [0.15, 0.2) is 57.5 Å². The van der Waals surface area contributed by atoms with Crippen LogP contribution < -0.4 is 0 Å². The van der Waals surface area contributed by atoms with Gasteiger partial charge in [-0.15, -0.1) is 0 Å². The average molecular weight is 745 g/mol. The van der Waals surface area contributed by atoms with E-state index in [-0.39, 0.29) is 11.1 Å². The number of benzene rings is 3. The molecule has 0 fully saturated rings. The van der Waals surface area contributed by atoms with Crippen LogP contribution in [-0.4, -0.2) is 45.2 Å². The van der Waals surface area contributed by atoms with Crippen LogP contribution >= 0.6 is 31.9 Å². The van der Waals surface area contributed by atoms with Crippen molar-refractivity contribution in [2.45, 2.75) is 83.8 Å². The molecule has 242 valence electrons. The SMILES string of the molecule is CCCCCCOC1(OCCCCCC)Cc2c(c(-c3ccc(Br)cc3)c(C(=O)OC)c(C(=O)OC)c2-c2ccc(Br)cc2)C1. The second kappa shape index (κ2) is 16.9. The fraction of sp³-hybridized carbons (Fsp3) is 0.459. The number of carbonyl (C=O) groups is 2. The predicted molar refractivity (Wildman–Crippen MR) is 186 cm³/mol. The third kappa shape index (κ3) is 8.45. The minimum atomic E-state index is -0.933. The number of methoxy groups -OCH3 is 2. The lowest BCUT2D eigenvalue weighted by atomic mass is 9.82. The molecule has 6 nitrogen and oxygen atoms in total. The number of fused-ring (bicyclic) bond motifs is 1. The second-order valence-corrected chi connectivity index (χ2v) is 13.4. The van der Waals surface area contributed by atoms with Gasteiger partial charge in [0.1, 0.15) is 0 Å². The lowest BCUT2D eigenvalue weighted by Crippen LogP contribution is -2.38. The summed E-state index contributed by atoms with van der Waals surface area (Å²) < 4.78 is 26.0. The Balaban J connectivity index is 1.98. The van der Waals surface area contributed by atoms with Gasteiger partial charge >= 0.3 is 11.9 Å². The third-order valence-electron chi connectivity index (χ3n) is 8.38. The van der Waals surface area contributed by atoms with Crippen molar-refractivity contribution < 1.29 is 28.5 Å². The Morgan fingerprint density at radius 1 is 0.622 bits per heavy atom. The summed E-state index contributed by atoms with van der Waals surface area (Å²) in [6.07, 6.45) is 9.51. The summed E-state index contributed by atoms with van der Waals surface area (Å²) in [6, 6.07) is 15.5. The molecule has 45 heavy (non-hydrogen) atoms. The average Bonchev–Trinajstić information content (AvgIpc) is 3.42. The summed E-state index contributed by atoms with van der Waals surface area (Å²) in [5, 5.41) is 0. The highest BCUT2D eigenvalue weighted by Crippen LogP contribution is 2.49. The Kier molecular flexibility index (Phi) is 13.2. The zero-order valence-corrected chi connectivity index (χ0v) is 30.0. The maximum absolute atomic E-state index is 13.8. The zero-order chi connectivity index (χ0) is 32.4. The minimum Gasteiger partial charge on any atom is -0.465 e. The molecule has 0 aromatic heterocycles. The van der Waals surface area contributed by atoms with E-state index in [1.165, 1.54) is 14.2 Å². The molecule has 0 unspecified atom stereocenters. The molecule has 3 aromatic carbocycles. The quantitative estimate of drug-likeness (QED) is 0.0827. The number of carbonyl (C=O) groups excluding carboxylic acids is 2. The van der Waals surface area contributed by atoms with Gasteiger partial charge in [-0.2, -0.15) is 0 Å². The molecule has 0 amide bonds. The molecular weight excluding hydrogens is 700 g/mol. The summed E-state index contributed by atoms with van der Waals surface area (Å²) in [7, 11) is 2.68. The molecule has 3 aromatic rings. The standard InChI is InChI=1S/C37H44Br2O6/c1-5-7-9-11-21-44-37(45-22-12-10-8-6-2)23-29-30(24-37)32(26-15-19-28(39)20-16-26)34(36(41)43-4)33(35(40)42-3)31(29)25-13-17-27(38)18-14-25/h13-20H,5-12,21-24H2,1-4H3. The maximum Gasteiger partial charge on any atom is 0.339 e. The fourth-order valence-electron chi connectivity index (χ4n) is 6.15. The Hall–Kier alpha value is -2.52. The Morgan fingerprint density at radius 3 is 1.33 bits per heavy atom. The van der Waals surface area contributed by atoms with Crippen LogP contribution in [0.25, 0.3) is 22.3 Å². The second-order valence-electron chi connectivity index (χ2n) is 11.5. The monoisotopic (exact) mass is 742 g/mol. The first-order chi connectivity index (χ1) is 21.8. The number of ether oxygens (including phenoxy) is 4. The van der Waals surface area contributed by atoms with Gasteiger partial charge in [0, 0.05) is 32.9 Å². The Labute approximate surface area is 284 Å². The van der Waals surface area contributed by atoms with Gasteiger partial charge in [0.2, 0.25) is 0 Å². The molecule has 4 rings (SSSR count). The molecule has 1 aliphatic rings. The molecule has 0 N–H and O–H groups in total. The first-order valence-electron chi connectivity index (χ1n) is 16.0. The Bertz CT molecular complexity index is 1340. The summed E-state index contributed by atoms with van der Waals surface area (Å²) in [5.74, 6) is -2.14. The van der Waals surface area contributed by atoms with E-state index >= 15 is 0 Å². The van der Waals surface area contributed by atoms with Crippen LogP contribution in [0.5, 0.6) is 0 Å². The highest BCUT2D eigenvalue weighted by atomic mass is 79.9. The topological polar surface area (TPSA) is 71.1 Å². The summed E-state index contributed by atoms with van der Waals surface area (Å²) in [4.78, 5) is 27.5. The van der Waals surface area contributed by atoms with Gasteiger partial charge in [-0.05, 0) is 59.4 Å². The third-order valence-corrected chi connectivity index (χ3v) is 9.44. The molecule has 1 aliphatic carbocycles. The molecule has 0 bridgehead atoms. The molecule has 0 saturated carbocycles. The number of halogens is 2. The van der Waals surface area contributed by atoms with Crippen molar-refractivity contribution in [3.05, 3.63) is 79.7 Å². The van der Waals surface area contributed by atoms with Crippen LogP contribution in [-0.2, 0) is 31.8 Å². The number of hydrogen-bond donors (Lipinski definition) is 0. The van der Waals surface area contributed by atoms with Crippen LogP contribution in [0.4, 0.5) is 0 Å². The van der Waals surface area contributed by atoms with Crippen molar-refractivity contribution in [3.63, 3.8) is 0 Å². The minimum absolute atomic E-state index is 0.185. The predicted octanol–water partition coefficient (Wildman–Crippen LogP) is 10.1. The van der Waals surface area contributed by atoms with Crippen molar-refractivity contribution in [2.24, 2.45) is 0 Å². The van der Waals surface area contributed by atoms with Gasteiger partial charge in [0.05, 0.1) is 38.6 Å². The van der Waals surface area contributed by atoms with E-state index in [9.17, 15) is 9.59 Å². The van der Waals surface area contributed by atoms with Crippen LogP contribution in [0.2, 0.25) is 0 Å². The summed E-state index contributed by atoms with van der Waals surface area (Å²) in [6.45, 7) is 5.52. The molecule has 0 atom stereocenters. The van der Waals surface area contributed by atoms with E-state index in [4.69, 9.17) is 18.9 Å². The highest BCUT2D eigenvalue weighted by Gasteiger charge is 2.45. The molecule has 0 heterocycles. The van der Waals surface area contributed by atoms with E-state index in [2.05, 4.69) is 45.7 Å². The Morgan fingerprint density at radius 2 is 1.00 bits per heavy atom. The van der Waals surface area contributed by atoms with Crippen molar-refractivity contribution in [1.82, 2.24) is 0 Å². The number of hydrogen-bond acceptors (Lipinski definition) is 6. The normalized spacial score (nSPS) is 13.5. The number of unbranched alkanes of at least 4 members (excludes halogenated alkanes) is 6. The summed E-state index contributed by atoms with van der Waals surface area (Å²) in [5.41, 5.74) is 5.10. The van der Waals surface area contributed by atoms with E-state index < -0.39 is 17.7 Å². The molecule has 0 spiro atoms. The van der Waals surface area contributed by atoms with Gasteiger partial charge < -0.3 is 18.9 Å². The first kappa shape index (κ1) is 35.3. The van der Waals surface area contributed by atoms with E-state index in [0.29, 0.717) is 37.2 Å². The van der Waals surface area contributed by atoms with Crippen molar-refractivity contribution in [2.75, 3.05) is 27.4 Å². The van der Waals surface area contributed by atoms with E-state index in [1.807, 2.05) is 48.5 Å². The van der Waals surface area contributed by atoms with Crippen molar-refractivity contribution in [3.8, 4) is 22.3 Å². The van der Waals surface area contributed by atoms with Gasteiger partial charge in [-0.1, -0.05) is 108 Å². The lowest BCUT2D eigenvalue weighted by Gasteiger charge is -2.30. The molecule has 0 radical (unpaired) electrons. The summed E-state index contributed by atoms with van der Waals surface area (Å²) >= 11 is 7.08. The van der Waals surface area contributed by atoms with Crippen LogP contribution in [0, 0.1) is 0 Å². The smallest absolute Gasteiger partial charge is 0.339 e. The largest absolute Gasteiger partial charge is 0.465 e. The number of esters is 2.